The fraction of sp³-hybridized carbons (Fsp3) is 0.0588. The van der Waals surface area contributed by atoms with Gasteiger partial charge in [-0.3, -0.25) is 10.1 Å². The number of hydrogen-bond donors (Lipinski definition) is 2. The van der Waals surface area contributed by atoms with E-state index in [-0.39, 0.29) is 29.1 Å². The standard InChI is InChI=1S/C17H11Cl2N5O4/c18-10-2-1-3-11(14(10)19)23-17-15(24(25)26)16(20-7-21-17)22-9-4-5-12-13(6-9)28-8-27-12/h1-7H,8H2,(H2,20,21,22,23). The lowest BCUT2D eigenvalue weighted by Gasteiger charge is -2.11. The molecular weight excluding hydrogens is 409 g/mol. The summed E-state index contributed by atoms with van der Waals surface area (Å²) < 4.78 is 10.6. The molecule has 3 aromatic rings. The topological polar surface area (TPSA) is 111 Å². The fourth-order valence-electron chi connectivity index (χ4n) is 2.57. The Morgan fingerprint density at radius 1 is 1.04 bits per heavy atom. The van der Waals surface area contributed by atoms with E-state index >= 15 is 0 Å². The van der Waals surface area contributed by atoms with Gasteiger partial charge in [-0.2, -0.15) is 0 Å². The van der Waals surface area contributed by atoms with Crippen LogP contribution in [0.25, 0.3) is 0 Å². The first-order valence-electron chi connectivity index (χ1n) is 7.90. The summed E-state index contributed by atoms with van der Waals surface area (Å²) >= 11 is 12.1. The van der Waals surface area contributed by atoms with Gasteiger partial charge in [0.1, 0.15) is 6.33 Å². The van der Waals surface area contributed by atoms with Gasteiger partial charge in [0, 0.05) is 11.8 Å². The number of halogens is 2. The summed E-state index contributed by atoms with van der Waals surface area (Å²) in [7, 11) is 0. The van der Waals surface area contributed by atoms with E-state index in [0.717, 1.165) is 0 Å². The molecule has 0 saturated heterocycles. The van der Waals surface area contributed by atoms with E-state index in [2.05, 4.69) is 20.6 Å². The lowest BCUT2D eigenvalue weighted by Crippen LogP contribution is -2.05. The number of fused-ring (bicyclic) bond motifs is 1. The van der Waals surface area contributed by atoms with Gasteiger partial charge in [0.05, 0.1) is 20.7 Å². The summed E-state index contributed by atoms with van der Waals surface area (Å²) in [6.45, 7) is 0.126. The van der Waals surface area contributed by atoms with Gasteiger partial charge in [0.15, 0.2) is 11.5 Å². The third kappa shape index (κ3) is 3.45. The lowest BCUT2D eigenvalue weighted by molar-refractivity contribution is -0.383. The van der Waals surface area contributed by atoms with Crippen molar-refractivity contribution in [3.8, 4) is 11.5 Å². The van der Waals surface area contributed by atoms with Crippen molar-refractivity contribution >= 4 is 51.9 Å². The highest BCUT2D eigenvalue weighted by molar-refractivity contribution is 6.43. The van der Waals surface area contributed by atoms with E-state index in [0.29, 0.717) is 27.9 Å². The minimum absolute atomic E-state index is 0.000448. The zero-order chi connectivity index (χ0) is 19.7. The summed E-state index contributed by atoms with van der Waals surface area (Å²) in [6.07, 6.45) is 1.20. The highest BCUT2D eigenvalue weighted by atomic mass is 35.5. The third-order valence-corrected chi connectivity index (χ3v) is 4.66. The Balaban J connectivity index is 1.69. The number of rotatable bonds is 5. The zero-order valence-electron chi connectivity index (χ0n) is 14.0. The monoisotopic (exact) mass is 419 g/mol. The molecule has 1 aliphatic heterocycles. The van der Waals surface area contributed by atoms with Crippen molar-refractivity contribution in [1.29, 1.82) is 0 Å². The molecule has 2 N–H and O–H groups in total. The number of benzene rings is 2. The number of hydrogen-bond acceptors (Lipinski definition) is 8. The maximum absolute atomic E-state index is 11.7. The van der Waals surface area contributed by atoms with Gasteiger partial charge in [-0.25, -0.2) is 9.97 Å². The van der Waals surface area contributed by atoms with E-state index in [1.54, 1.807) is 36.4 Å². The van der Waals surface area contributed by atoms with E-state index in [4.69, 9.17) is 32.7 Å². The van der Waals surface area contributed by atoms with Crippen LogP contribution in [0.3, 0.4) is 0 Å². The molecule has 0 spiro atoms. The summed E-state index contributed by atoms with van der Waals surface area (Å²) in [4.78, 5) is 19.1. The summed E-state index contributed by atoms with van der Waals surface area (Å²) in [5, 5.41) is 18.0. The molecule has 142 valence electrons. The van der Waals surface area contributed by atoms with Gasteiger partial charge in [0.25, 0.3) is 0 Å². The Morgan fingerprint density at radius 3 is 2.57 bits per heavy atom. The molecule has 2 heterocycles. The molecule has 0 atom stereocenters. The number of nitrogens with zero attached hydrogens (tertiary/aromatic N) is 3. The Morgan fingerprint density at radius 2 is 1.79 bits per heavy atom. The van der Waals surface area contributed by atoms with Crippen molar-refractivity contribution < 1.29 is 14.4 Å². The van der Waals surface area contributed by atoms with Crippen LogP contribution in [0.2, 0.25) is 10.0 Å². The quantitative estimate of drug-likeness (QED) is 0.443. The molecule has 0 saturated carbocycles. The van der Waals surface area contributed by atoms with Crippen molar-refractivity contribution in [2.24, 2.45) is 0 Å². The van der Waals surface area contributed by atoms with Crippen molar-refractivity contribution in [1.82, 2.24) is 9.97 Å². The second-order valence-electron chi connectivity index (χ2n) is 5.60. The zero-order valence-corrected chi connectivity index (χ0v) is 15.5. The highest BCUT2D eigenvalue weighted by Gasteiger charge is 2.24. The Bertz CT molecular complexity index is 1080. The Labute approximate surface area is 168 Å². The molecule has 1 aliphatic rings. The maximum atomic E-state index is 11.7. The average Bonchev–Trinajstić information content (AvgIpc) is 3.13. The minimum atomic E-state index is -0.587. The van der Waals surface area contributed by atoms with Crippen LogP contribution in [0.5, 0.6) is 11.5 Å². The molecule has 0 radical (unpaired) electrons. The molecule has 11 heteroatoms. The number of nitrogens with one attached hydrogen (secondary N) is 2. The molecule has 1 aromatic heterocycles. The Hall–Kier alpha value is -3.30. The molecule has 0 unspecified atom stereocenters. The molecule has 9 nitrogen and oxygen atoms in total. The average molecular weight is 420 g/mol. The molecule has 28 heavy (non-hydrogen) atoms. The van der Waals surface area contributed by atoms with Gasteiger partial charge >= 0.3 is 5.69 Å². The van der Waals surface area contributed by atoms with Crippen LogP contribution >= 0.6 is 23.2 Å². The second kappa shape index (κ2) is 7.37. The van der Waals surface area contributed by atoms with E-state index in [9.17, 15) is 10.1 Å². The molecule has 4 rings (SSSR count). The van der Waals surface area contributed by atoms with Crippen LogP contribution in [0, 0.1) is 10.1 Å². The van der Waals surface area contributed by atoms with E-state index in [1.807, 2.05) is 0 Å². The SMILES string of the molecule is O=[N+]([O-])c1c(Nc2ccc3c(c2)OCO3)ncnc1Nc1cccc(Cl)c1Cl. The van der Waals surface area contributed by atoms with Crippen molar-refractivity contribution in [3.05, 3.63) is 62.9 Å². The van der Waals surface area contributed by atoms with E-state index < -0.39 is 4.92 Å². The van der Waals surface area contributed by atoms with Gasteiger partial charge in [0.2, 0.25) is 18.4 Å². The van der Waals surface area contributed by atoms with Crippen molar-refractivity contribution in [2.45, 2.75) is 0 Å². The summed E-state index contributed by atoms with van der Waals surface area (Å²) in [5.74, 6) is 1.10. The van der Waals surface area contributed by atoms with Crippen molar-refractivity contribution in [3.63, 3.8) is 0 Å². The maximum Gasteiger partial charge on any atom is 0.353 e. The van der Waals surface area contributed by atoms with Crippen LogP contribution in [-0.4, -0.2) is 21.7 Å². The molecule has 0 bridgehead atoms. The molecule has 2 aromatic carbocycles. The number of anilines is 4. The van der Waals surface area contributed by atoms with Crippen LogP contribution < -0.4 is 20.1 Å². The minimum Gasteiger partial charge on any atom is -0.454 e. The molecular formula is C17H11Cl2N5O4. The summed E-state index contributed by atoms with van der Waals surface area (Å²) in [5.41, 5.74) is 0.569. The number of nitro groups is 1. The molecule has 0 aliphatic carbocycles. The highest BCUT2D eigenvalue weighted by Crippen LogP contribution is 2.39. The largest absolute Gasteiger partial charge is 0.454 e. The first-order valence-corrected chi connectivity index (χ1v) is 8.65. The van der Waals surface area contributed by atoms with E-state index in [1.165, 1.54) is 6.33 Å². The van der Waals surface area contributed by atoms with Crippen LogP contribution in [0.15, 0.2) is 42.7 Å². The Kier molecular flexibility index (Phi) is 4.76. The third-order valence-electron chi connectivity index (χ3n) is 3.84. The predicted octanol–water partition coefficient (Wildman–Crippen LogP) is 4.91. The predicted molar refractivity (Wildman–Crippen MR) is 104 cm³/mol. The number of aromatic nitrogens is 2. The first-order chi connectivity index (χ1) is 13.5. The number of ether oxygens (including phenoxy) is 2. The van der Waals surface area contributed by atoms with Gasteiger partial charge < -0.3 is 20.1 Å². The lowest BCUT2D eigenvalue weighted by atomic mass is 10.2. The van der Waals surface area contributed by atoms with Crippen LogP contribution in [0.1, 0.15) is 0 Å². The van der Waals surface area contributed by atoms with Gasteiger partial charge in [-0.05, 0) is 24.3 Å². The van der Waals surface area contributed by atoms with Crippen LogP contribution in [-0.2, 0) is 0 Å². The van der Waals surface area contributed by atoms with Crippen LogP contribution in [0.4, 0.5) is 28.7 Å². The summed E-state index contributed by atoms with van der Waals surface area (Å²) in [6, 6.07) is 9.95. The van der Waals surface area contributed by atoms with Gasteiger partial charge in [-0.1, -0.05) is 29.3 Å². The smallest absolute Gasteiger partial charge is 0.353 e. The molecule has 0 fully saturated rings. The molecule has 0 amide bonds. The second-order valence-corrected chi connectivity index (χ2v) is 6.38. The normalized spacial score (nSPS) is 11.9. The van der Waals surface area contributed by atoms with Crippen molar-refractivity contribution in [2.75, 3.05) is 17.4 Å². The fourth-order valence-corrected chi connectivity index (χ4v) is 2.92. The first kappa shape index (κ1) is 18.1. The van der Waals surface area contributed by atoms with Gasteiger partial charge in [-0.15, -0.1) is 0 Å².